The molecule has 0 bridgehead atoms. The van der Waals surface area contributed by atoms with Crippen LogP contribution in [0.5, 0.6) is 0 Å². The van der Waals surface area contributed by atoms with Crippen molar-refractivity contribution in [2.24, 2.45) is 0 Å². The van der Waals surface area contributed by atoms with Crippen molar-refractivity contribution in [2.75, 3.05) is 4.90 Å². The Balaban J connectivity index is 1.45. The molecule has 0 spiro atoms. The quantitative estimate of drug-likeness (QED) is 0.264. The van der Waals surface area contributed by atoms with Crippen molar-refractivity contribution in [3.05, 3.63) is 71.2 Å². The first-order valence-electron chi connectivity index (χ1n) is 9.76. The molecule has 0 atom stereocenters. The van der Waals surface area contributed by atoms with Gasteiger partial charge in [-0.2, -0.15) is 4.52 Å². The number of aromatic nitrogens is 5. The number of hydrogen-bond donors (Lipinski definition) is 0. The van der Waals surface area contributed by atoms with Crippen LogP contribution in [0.4, 0.5) is 15.2 Å². The van der Waals surface area contributed by atoms with Gasteiger partial charge in [-0.15, -0.1) is 16.4 Å². The number of thioether (sulfide) groups is 1. The lowest BCUT2D eigenvalue weighted by Crippen LogP contribution is -2.23. The molecule has 5 rings (SSSR count). The molecule has 0 aliphatic rings. The maximum Gasteiger partial charge on any atom is 0.230 e. The molecule has 10 heteroatoms. The number of carbonyl (C=O) groups excluding carboxylic acids is 1. The van der Waals surface area contributed by atoms with Crippen LogP contribution in [0.3, 0.4) is 0 Å². The predicted molar refractivity (Wildman–Crippen MR) is 124 cm³/mol. The van der Waals surface area contributed by atoms with Crippen molar-refractivity contribution in [3.63, 3.8) is 0 Å². The van der Waals surface area contributed by atoms with Crippen LogP contribution < -0.4 is 4.90 Å². The normalized spacial score (nSPS) is 11.3. The summed E-state index contributed by atoms with van der Waals surface area (Å²) >= 11 is 2.77. The van der Waals surface area contributed by atoms with Gasteiger partial charge in [-0.05, 0) is 31.2 Å². The number of anilines is 2. The first-order valence-corrected chi connectivity index (χ1v) is 11.6. The van der Waals surface area contributed by atoms with Crippen LogP contribution in [0.1, 0.15) is 18.4 Å². The zero-order valence-electron chi connectivity index (χ0n) is 17.2. The van der Waals surface area contributed by atoms with E-state index in [1.165, 1.54) is 41.0 Å². The van der Waals surface area contributed by atoms with Gasteiger partial charge in [0.1, 0.15) is 11.6 Å². The van der Waals surface area contributed by atoms with Gasteiger partial charge in [-0.25, -0.2) is 19.3 Å². The van der Waals surface area contributed by atoms with E-state index in [0.29, 0.717) is 21.9 Å². The number of fused-ring (bicyclic) bond motifs is 3. The molecule has 0 unspecified atom stereocenters. The second-order valence-corrected chi connectivity index (χ2v) is 8.80. The Labute approximate surface area is 191 Å². The third-order valence-corrected chi connectivity index (χ3v) is 6.58. The topological polar surface area (TPSA) is 76.3 Å². The first-order chi connectivity index (χ1) is 15.5. The second-order valence-electron chi connectivity index (χ2n) is 7.02. The van der Waals surface area contributed by atoms with E-state index in [-0.39, 0.29) is 11.6 Å². The molecule has 1 amide bonds. The highest BCUT2D eigenvalue weighted by molar-refractivity contribution is 7.98. The third-order valence-electron chi connectivity index (χ3n) is 4.74. The summed E-state index contributed by atoms with van der Waals surface area (Å²) in [6, 6.07) is 14.0. The molecule has 7 nitrogen and oxygen atoms in total. The lowest BCUT2D eigenvalue weighted by molar-refractivity contribution is -0.115. The highest BCUT2D eigenvalue weighted by atomic mass is 32.2. The molecule has 160 valence electrons. The van der Waals surface area contributed by atoms with Crippen LogP contribution in [-0.2, 0) is 10.5 Å². The smallest absolute Gasteiger partial charge is 0.230 e. The standard InChI is InChI=1S/C22H17FN6OS2/c1-13-24-20-16-7-3-5-9-18(16)26-22(29(20)27-13)32-12-15-11-31-21(25-15)28(14(2)30)19-10-6-4-8-17(19)23/h3-11H,12H2,1-2H3. The van der Waals surface area contributed by atoms with Gasteiger partial charge in [-0.1, -0.05) is 36.0 Å². The molecule has 5 aromatic rings. The van der Waals surface area contributed by atoms with Crippen molar-refractivity contribution in [1.29, 1.82) is 0 Å². The summed E-state index contributed by atoms with van der Waals surface area (Å²) < 4.78 is 16.0. The largest absolute Gasteiger partial charge is 0.274 e. The molecule has 0 fully saturated rings. The SMILES string of the molecule is CC(=O)N(c1nc(CSc2nc3ccccc3c3nc(C)nn23)cs1)c1ccccc1F. The summed E-state index contributed by atoms with van der Waals surface area (Å²) in [5, 5.41) is 8.42. The number of amides is 1. The summed E-state index contributed by atoms with van der Waals surface area (Å²) in [5.74, 6) is 0.402. The van der Waals surface area contributed by atoms with Crippen LogP contribution in [0.15, 0.2) is 59.1 Å². The predicted octanol–water partition coefficient (Wildman–Crippen LogP) is 5.16. The van der Waals surface area contributed by atoms with E-state index >= 15 is 0 Å². The maximum absolute atomic E-state index is 14.3. The van der Waals surface area contributed by atoms with Gasteiger partial charge in [-0.3, -0.25) is 9.69 Å². The molecule has 0 aliphatic heterocycles. The van der Waals surface area contributed by atoms with Crippen LogP contribution >= 0.6 is 23.1 Å². The number of halogens is 1. The number of rotatable bonds is 5. The van der Waals surface area contributed by atoms with E-state index in [1.807, 2.05) is 36.6 Å². The van der Waals surface area contributed by atoms with Gasteiger partial charge in [0.15, 0.2) is 15.9 Å². The summed E-state index contributed by atoms with van der Waals surface area (Å²) in [5.41, 5.74) is 2.55. The number of carbonyl (C=O) groups is 1. The van der Waals surface area contributed by atoms with Gasteiger partial charge < -0.3 is 0 Å². The van der Waals surface area contributed by atoms with Crippen LogP contribution in [0.25, 0.3) is 16.6 Å². The van der Waals surface area contributed by atoms with E-state index in [0.717, 1.165) is 22.2 Å². The molecular weight excluding hydrogens is 447 g/mol. The molecule has 0 radical (unpaired) electrons. The van der Waals surface area contributed by atoms with Gasteiger partial charge >= 0.3 is 0 Å². The fourth-order valence-electron chi connectivity index (χ4n) is 3.37. The zero-order chi connectivity index (χ0) is 22.2. The van der Waals surface area contributed by atoms with Crippen LogP contribution in [0, 0.1) is 12.7 Å². The molecule has 32 heavy (non-hydrogen) atoms. The molecular formula is C22H17FN6OS2. The lowest BCUT2D eigenvalue weighted by atomic mass is 10.2. The average molecular weight is 465 g/mol. The molecule has 0 N–H and O–H groups in total. The number of aryl methyl sites for hydroxylation is 1. The average Bonchev–Trinajstić information content (AvgIpc) is 3.40. The van der Waals surface area contributed by atoms with Crippen molar-refractivity contribution < 1.29 is 9.18 Å². The van der Waals surface area contributed by atoms with Crippen molar-refractivity contribution >= 4 is 56.4 Å². The number of para-hydroxylation sites is 2. The van der Waals surface area contributed by atoms with E-state index < -0.39 is 5.82 Å². The molecule has 0 saturated carbocycles. The fraction of sp³-hybridized carbons (Fsp3) is 0.136. The zero-order valence-corrected chi connectivity index (χ0v) is 18.8. The Bertz CT molecular complexity index is 1460. The number of hydrogen-bond acceptors (Lipinski definition) is 7. The Morgan fingerprint density at radius 2 is 1.91 bits per heavy atom. The summed E-state index contributed by atoms with van der Waals surface area (Å²) in [7, 11) is 0. The minimum Gasteiger partial charge on any atom is -0.274 e. The van der Waals surface area contributed by atoms with Crippen LogP contribution in [0.2, 0.25) is 0 Å². The van der Waals surface area contributed by atoms with Crippen molar-refractivity contribution in [3.8, 4) is 0 Å². The van der Waals surface area contributed by atoms with Crippen molar-refractivity contribution in [1.82, 2.24) is 24.6 Å². The second kappa shape index (κ2) is 8.29. The summed E-state index contributed by atoms with van der Waals surface area (Å²) in [6.45, 7) is 3.24. The summed E-state index contributed by atoms with van der Waals surface area (Å²) in [6.07, 6.45) is 0. The minimum atomic E-state index is -0.474. The molecule has 2 aromatic carbocycles. The number of benzene rings is 2. The van der Waals surface area contributed by atoms with Gasteiger partial charge in [0.05, 0.1) is 16.9 Å². The highest BCUT2D eigenvalue weighted by Gasteiger charge is 2.21. The number of thiazole rings is 1. The summed E-state index contributed by atoms with van der Waals surface area (Å²) in [4.78, 5) is 27.4. The fourth-order valence-corrected chi connectivity index (χ4v) is 5.19. The molecule has 0 saturated heterocycles. The van der Waals surface area contributed by atoms with Gasteiger partial charge in [0.2, 0.25) is 5.91 Å². The molecule has 3 heterocycles. The number of nitrogens with zero attached hydrogens (tertiary/aromatic N) is 6. The lowest BCUT2D eigenvalue weighted by Gasteiger charge is -2.18. The minimum absolute atomic E-state index is 0.185. The first kappa shape index (κ1) is 20.5. The van der Waals surface area contributed by atoms with E-state index in [9.17, 15) is 9.18 Å². The molecule has 0 aliphatic carbocycles. The van der Waals surface area contributed by atoms with E-state index in [2.05, 4.69) is 15.1 Å². The monoisotopic (exact) mass is 464 g/mol. The van der Waals surface area contributed by atoms with Gasteiger partial charge in [0, 0.05) is 23.4 Å². The van der Waals surface area contributed by atoms with Crippen LogP contribution in [-0.4, -0.2) is 30.5 Å². The van der Waals surface area contributed by atoms with Gasteiger partial charge in [0.25, 0.3) is 0 Å². The highest BCUT2D eigenvalue weighted by Crippen LogP contribution is 2.33. The Morgan fingerprint density at radius 1 is 1.12 bits per heavy atom. The maximum atomic E-state index is 14.3. The third kappa shape index (κ3) is 3.71. The Hall–Kier alpha value is -3.37. The molecule has 3 aromatic heterocycles. The Kier molecular flexibility index (Phi) is 5.32. The van der Waals surface area contributed by atoms with E-state index in [4.69, 9.17) is 4.98 Å². The van der Waals surface area contributed by atoms with E-state index in [1.54, 1.807) is 22.7 Å². The Morgan fingerprint density at radius 3 is 2.72 bits per heavy atom. The van der Waals surface area contributed by atoms with Crippen molar-refractivity contribution in [2.45, 2.75) is 24.8 Å².